The van der Waals surface area contributed by atoms with Crippen molar-refractivity contribution >= 4 is 44.9 Å². The monoisotopic (exact) mass is 479 g/mol. The number of ether oxygens (including phenoxy) is 3. The molecule has 0 atom stereocenters. The van der Waals surface area contributed by atoms with Crippen molar-refractivity contribution in [3.8, 4) is 28.5 Å². The van der Waals surface area contributed by atoms with Gasteiger partial charge in [-0.05, 0) is 54.4 Å². The van der Waals surface area contributed by atoms with E-state index < -0.39 is 17.5 Å². The Balaban J connectivity index is 2.35. The summed E-state index contributed by atoms with van der Waals surface area (Å²) in [5.74, 6) is 1.68. The van der Waals surface area contributed by atoms with Crippen molar-refractivity contribution in [1.29, 1.82) is 0 Å². The Bertz CT molecular complexity index is 940. The Morgan fingerprint density at radius 3 is 2.66 bits per heavy atom. The smallest absolute Gasteiger partial charge is 0.351 e. The lowest BCUT2D eigenvalue weighted by molar-refractivity contribution is -0.157. The molecule has 0 radical (unpaired) electrons. The summed E-state index contributed by atoms with van der Waals surface area (Å²) < 4.78 is 16.3. The number of anilines is 1. The van der Waals surface area contributed by atoms with Crippen molar-refractivity contribution in [2.45, 2.75) is 26.4 Å². The Kier molecular flexibility index (Phi) is 7.71. The molecule has 0 fully saturated rings. The molecule has 0 unspecified atom stereocenters. The van der Waals surface area contributed by atoms with Crippen LogP contribution in [-0.4, -0.2) is 37.8 Å². The largest absolute Gasteiger partial charge is 0.479 e. The maximum absolute atomic E-state index is 12.2. The third-order valence-corrected chi connectivity index (χ3v) is 5.67. The fraction of sp³-hybridized carbons (Fsp3) is 0.333. The summed E-state index contributed by atoms with van der Waals surface area (Å²) in [4.78, 5) is 25.3. The van der Waals surface area contributed by atoms with Crippen molar-refractivity contribution in [2.75, 3.05) is 25.6 Å². The lowest BCUT2D eigenvalue weighted by Crippen LogP contribution is -2.27. The zero-order valence-electron chi connectivity index (χ0n) is 16.6. The van der Waals surface area contributed by atoms with Gasteiger partial charge in [0.2, 0.25) is 0 Å². The van der Waals surface area contributed by atoms with E-state index in [1.54, 1.807) is 20.8 Å². The van der Waals surface area contributed by atoms with E-state index in [0.29, 0.717) is 11.0 Å². The molecule has 8 heteroatoms. The minimum Gasteiger partial charge on any atom is -0.479 e. The molecule has 0 saturated heterocycles. The molecule has 1 aromatic heterocycles. The van der Waals surface area contributed by atoms with Crippen LogP contribution in [0.5, 0.6) is 5.75 Å². The Morgan fingerprint density at radius 1 is 1.31 bits per heavy atom. The number of rotatable bonds is 7. The maximum Gasteiger partial charge on any atom is 0.351 e. The standard InChI is InChI=1S/C21H22BrNO5S/c1-6-10-23-14-9-7-8-13(11-14)18-16(22)17(19(29-18)20(25)26-5)27-12-15(24)28-21(2,3)4/h1,7-9,11,23H,10,12H2,2-5H3. The van der Waals surface area contributed by atoms with E-state index in [2.05, 4.69) is 27.2 Å². The number of hydrogen-bond acceptors (Lipinski definition) is 7. The van der Waals surface area contributed by atoms with Crippen molar-refractivity contribution < 1.29 is 23.8 Å². The highest BCUT2D eigenvalue weighted by Crippen LogP contribution is 2.46. The van der Waals surface area contributed by atoms with Gasteiger partial charge in [0.05, 0.1) is 23.0 Å². The topological polar surface area (TPSA) is 73.9 Å². The average Bonchev–Trinajstić information content (AvgIpc) is 2.99. The van der Waals surface area contributed by atoms with Gasteiger partial charge in [-0.15, -0.1) is 17.8 Å². The summed E-state index contributed by atoms with van der Waals surface area (Å²) >= 11 is 4.70. The van der Waals surface area contributed by atoms with E-state index in [4.69, 9.17) is 20.6 Å². The van der Waals surface area contributed by atoms with E-state index in [1.165, 1.54) is 18.4 Å². The zero-order chi connectivity index (χ0) is 21.6. The first-order valence-corrected chi connectivity index (χ1v) is 10.3. The van der Waals surface area contributed by atoms with Gasteiger partial charge in [-0.2, -0.15) is 0 Å². The molecule has 154 valence electrons. The second-order valence-corrected chi connectivity index (χ2v) is 8.72. The molecule has 0 spiro atoms. The Morgan fingerprint density at radius 2 is 2.03 bits per heavy atom. The molecule has 6 nitrogen and oxygen atoms in total. The highest BCUT2D eigenvalue weighted by Gasteiger charge is 2.26. The van der Waals surface area contributed by atoms with E-state index >= 15 is 0 Å². The van der Waals surface area contributed by atoms with Crippen LogP contribution in [0.25, 0.3) is 10.4 Å². The van der Waals surface area contributed by atoms with Gasteiger partial charge in [-0.3, -0.25) is 0 Å². The number of benzene rings is 1. The van der Waals surface area contributed by atoms with Crippen LogP contribution in [0.4, 0.5) is 5.69 Å². The summed E-state index contributed by atoms with van der Waals surface area (Å²) in [7, 11) is 1.29. The summed E-state index contributed by atoms with van der Waals surface area (Å²) in [6.45, 7) is 5.37. The van der Waals surface area contributed by atoms with Crippen molar-refractivity contribution in [3.63, 3.8) is 0 Å². The maximum atomic E-state index is 12.2. The van der Waals surface area contributed by atoms with Gasteiger partial charge < -0.3 is 19.5 Å². The number of carbonyl (C=O) groups is 2. The molecule has 0 aliphatic heterocycles. The minimum absolute atomic E-state index is 0.240. The first kappa shape index (κ1) is 22.8. The first-order valence-electron chi connectivity index (χ1n) is 8.69. The van der Waals surface area contributed by atoms with Crippen molar-refractivity contribution in [3.05, 3.63) is 33.6 Å². The lowest BCUT2D eigenvalue weighted by Gasteiger charge is -2.19. The van der Waals surface area contributed by atoms with E-state index in [9.17, 15) is 9.59 Å². The summed E-state index contributed by atoms with van der Waals surface area (Å²) in [5.41, 5.74) is 1.06. The average molecular weight is 480 g/mol. The number of halogens is 1. The fourth-order valence-corrected chi connectivity index (χ4v) is 4.33. The molecule has 0 aliphatic rings. The molecule has 0 amide bonds. The molecule has 1 heterocycles. The minimum atomic E-state index is -0.630. The lowest BCUT2D eigenvalue weighted by atomic mass is 10.1. The number of hydrogen-bond donors (Lipinski definition) is 1. The van der Waals surface area contributed by atoms with Crippen LogP contribution < -0.4 is 10.1 Å². The van der Waals surface area contributed by atoms with Crippen LogP contribution in [0.3, 0.4) is 0 Å². The van der Waals surface area contributed by atoms with Crippen molar-refractivity contribution in [1.82, 2.24) is 0 Å². The third kappa shape index (κ3) is 6.24. The van der Waals surface area contributed by atoms with Gasteiger partial charge in [0.1, 0.15) is 5.60 Å². The van der Waals surface area contributed by atoms with E-state index in [-0.39, 0.29) is 17.2 Å². The van der Waals surface area contributed by atoms with Crippen molar-refractivity contribution in [2.24, 2.45) is 0 Å². The first-order chi connectivity index (χ1) is 13.7. The summed E-state index contributed by atoms with van der Waals surface area (Å²) in [6.07, 6.45) is 5.29. The third-order valence-electron chi connectivity index (χ3n) is 3.45. The summed E-state index contributed by atoms with van der Waals surface area (Å²) in [6, 6.07) is 7.58. The SMILES string of the molecule is C#CCNc1cccc(-c2sc(C(=O)OC)c(OCC(=O)OC(C)(C)C)c2Br)c1. The molecule has 0 saturated carbocycles. The predicted octanol–water partition coefficient (Wildman–Crippen LogP) is 4.73. The number of carbonyl (C=O) groups excluding carboxylic acids is 2. The zero-order valence-corrected chi connectivity index (χ0v) is 19.0. The molecular weight excluding hydrogens is 458 g/mol. The Labute approximate surface area is 182 Å². The molecular formula is C21H22BrNO5S. The second kappa shape index (κ2) is 9.81. The van der Waals surface area contributed by atoms with Crippen LogP contribution in [0.15, 0.2) is 28.7 Å². The number of terminal acetylenes is 1. The number of esters is 2. The molecule has 0 bridgehead atoms. The van der Waals surface area contributed by atoms with E-state index in [1.807, 2.05) is 24.3 Å². The predicted molar refractivity (Wildman–Crippen MR) is 117 cm³/mol. The van der Waals surface area contributed by atoms with Gasteiger partial charge in [0.25, 0.3) is 0 Å². The van der Waals surface area contributed by atoms with Crippen LogP contribution in [0.2, 0.25) is 0 Å². The molecule has 0 aliphatic carbocycles. The van der Waals surface area contributed by atoms with Gasteiger partial charge in [0.15, 0.2) is 17.2 Å². The van der Waals surface area contributed by atoms with Gasteiger partial charge in [-0.25, -0.2) is 9.59 Å². The van der Waals surface area contributed by atoms with Gasteiger partial charge >= 0.3 is 11.9 Å². The quantitative estimate of drug-likeness (QED) is 0.456. The number of methoxy groups -OCH3 is 1. The second-order valence-electron chi connectivity index (χ2n) is 6.91. The van der Waals surface area contributed by atoms with E-state index in [0.717, 1.165) is 16.1 Å². The van der Waals surface area contributed by atoms with Crippen LogP contribution in [-0.2, 0) is 14.3 Å². The molecule has 2 rings (SSSR count). The van der Waals surface area contributed by atoms with Crippen LogP contribution in [0.1, 0.15) is 30.4 Å². The fourth-order valence-electron chi connectivity index (χ4n) is 2.36. The summed E-state index contributed by atoms with van der Waals surface area (Å²) in [5, 5.41) is 3.11. The van der Waals surface area contributed by atoms with Crippen LogP contribution in [0, 0.1) is 12.3 Å². The van der Waals surface area contributed by atoms with Gasteiger partial charge in [0, 0.05) is 5.69 Å². The highest BCUT2D eigenvalue weighted by atomic mass is 79.9. The van der Waals surface area contributed by atoms with Gasteiger partial charge in [-0.1, -0.05) is 18.1 Å². The Hall–Kier alpha value is -2.50. The molecule has 2 aromatic rings. The number of thiophene rings is 1. The van der Waals surface area contributed by atoms with Crippen LogP contribution >= 0.6 is 27.3 Å². The molecule has 1 aromatic carbocycles. The normalized spacial score (nSPS) is 10.8. The number of nitrogens with one attached hydrogen (secondary N) is 1. The molecule has 29 heavy (non-hydrogen) atoms. The highest BCUT2D eigenvalue weighted by molar-refractivity contribution is 9.10. The molecule has 1 N–H and O–H groups in total.